The van der Waals surface area contributed by atoms with Gasteiger partial charge in [-0.25, -0.2) is 4.98 Å². The van der Waals surface area contributed by atoms with Crippen molar-refractivity contribution in [1.82, 2.24) is 9.55 Å². The van der Waals surface area contributed by atoms with E-state index < -0.39 is 0 Å². The van der Waals surface area contributed by atoms with Crippen LogP contribution >= 0.6 is 0 Å². The molecule has 1 aromatic heterocycles. The third-order valence-corrected chi connectivity index (χ3v) is 3.15. The van der Waals surface area contributed by atoms with Gasteiger partial charge in [-0.15, -0.1) is 0 Å². The lowest BCUT2D eigenvalue weighted by atomic mass is 9.92. The molecule has 0 unspecified atom stereocenters. The summed E-state index contributed by atoms with van der Waals surface area (Å²) in [5.41, 5.74) is 0. The Hall–Kier alpha value is -1.03. The summed E-state index contributed by atoms with van der Waals surface area (Å²) in [5, 5.41) is 9.09. The summed E-state index contributed by atoms with van der Waals surface area (Å²) in [6.45, 7) is 3.95. The summed E-state index contributed by atoms with van der Waals surface area (Å²) >= 11 is 0. The number of anilines is 1. The van der Waals surface area contributed by atoms with E-state index in [0.29, 0.717) is 12.6 Å². The Morgan fingerprint density at radius 1 is 1.60 bits per heavy atom. The van der Waals surface area contributed by atoms with Crippen LogP contribution in [0.2, 0.25) is 0 Å². The summed E-state index contributed by atoms with van der Waals surface area (Å²) in [6, 6.07) is 0.588. The Morgan fingerprint density at radius 3 is 2.93 bits per heavy atom. The van der Waals surface area contributed by atoms with Gasteiger partial charge in [0.15, 0.2) is 0 Å². The van der Waals surface area contributed by atoms with Crippen LogP contribution in [0.3, 0.4) is 0 Å². The molecule has 0 spiro atoms. The van der Waals surface area contributed by atoms with Crippen molar-refractivity contribution in [3.8, 4) is 0 Å². The largest absolute Gasteiger partial charge is 0.395 e. The fourth-order valence-electron chi connectivity index (χ4n) is 2.06. The summed E-state index contributed by atoms with van der Waals surface area (Å²) in [4.78, 5) is 6.63. The van der Waals surface area contributed by atoms with Gasteiger partial charge in [-0.05, 0) is 26.2 Å². The fraction of sp³-hybridized carbons (Fsp3) is 0.727. The topological polar surface area (TPSA) is 41.3 Å². The molecular weight excluding hydrogens is 190 g/mol. The number of rotatable bonds is 5. The molecule has 1 aromatic rings. The van der Waals surface area contributed by atoms with Gasteiger partial charge >= 0.3 is 0 Å². The highest BCUT2D eigenvalue weighted by Crippen LogP contribution is 2.28. The Kier molecular flexibility index (Phi) is 3.26. The average molecular weight is 209 g/mol. The first-order valence-corrected chi connectivity index (χ1v) is 5.75. The predicted molar refractivity (Wildman–Crippen MR) is 60.0 cm³/mol. The lowest BCUT2D eigenvalue weighted by molar-refractivity contribution is 0.281. The second-order valence-electron chi connectivity index (χ2n) is 4.01. The summed E-state index contributed by atoms with van der Waals surface area (Å²) in [7, 11) is 0. The second-order valence-corrected chi connectivity index (χ2v) is 4.01. The summed E-state index contributed by atoms with van der Waals surface area (Å²) < 4.78 is 2.13. The molecule has 2 rings (SSSR count). The van der Waals surface area contributed by atoms with Crippen LogP contribution in [0, 0.1) is 0 Å². The number of aromatic nitrogens is 2. The van der Waals surface area contributed by atoms with Crippen molar-refractivity contribution in [3.63, 3.8) is 0 Å². The number of nitrogens with zero attached hydrogens (tertiary/aromatic N) is 3. The van der Waals surface area contributed by atoms with Crippen LogP contribution in [0.25, 0.3) is 0 Å². The molecule has 0 amide bonds. The molecule has 1 heterocycles. The van der Waals surface area contributed by atoms with Gasteiger partial charge in [0.1, 0.15) is 0 Å². The monoisotopic (exact) mass is 209 g/mol. The van der Waals surface area contributed by atoms with Gasteiger partial charge in [-0.3, -0.25) is 0 Å². The maximum absolute atomic E-state index is 9.09. The number of aryl methyl sites for hydroxylation is 1. The van der Waals surface area contributed by atoms with Gasteiger partial charge < -0.3 is 14.6 Å². The zero-order valence-corrected chi connectivity index (χ0v) is 9.26. The number of aliphatic hydroxyl groups excluding tert-OH is 1. The van der Waals surface area contributed by atoms with Gasteiger partial charge in [0, 0.05) is 31.5 Å². The molecule has 0 saturated heterocycles. The van der Waals surface area contributed by atoms with E-state index in [1.807, 2.05) is 12.4 Å². The molecule has 1 aliphatic carbocycles. The fourth-order valence-corrected chi connectivity index (χ4v) is 2.06. The van der Waals surface area contributed by atoms with Gasteiger partial charge in [-0.1, -0.05) is 0 Å². The molecule has 0 aromatic carbocycles. The first-order chi connectivity index (χ1) is 7.36. The van der Waals surface area contributed by atoms with Crippen molar-refractivity contribution < 1.29 is 5.11 Å². The van der Waals surface area contributed by atoms with Crippen LogP contribution in [0.1, 0.15) is 26.2 Å². The average Bonchev–Trinajstić information content (AvgIpc) is 2.61. The van der Waals surface area contributed by atoms with Crippen LogP contribution in [0.5, 0.6) is 0 Å². The van der Waals surface area contributed by atoms with E-state index in [1.54, 1.807) is 0 Å². The smallest absolute Gasteiger partial charge is 0.205 e. The first kappa shape index (κ1) is 10.5. The van der Waals surface area contributed by atoms with Crippen LogP contribution in [0.15, 0.2) is 12.4 Å². The molecule has 0 aliphatic heterocycles. The molecule has 1 N–H and O–H groups in total. The highest BCUT2D eigenvalue weighted by molar-refractivity contribution is 5.34. The highest BCUT2D eigenvalue weighted by atomic mass is 16.3. The van der Waals surface area contributed by atoms with Gasteiger partial charge in [0.2, 0.25) is 5.95 Å². The molecule has 0 bridgehead atoms. The molecule has 1 aliphatic rings. The van der Waals surface area contributed by atoms with Crippen LogP contribution in [0.4, 0.5) is 5.95 Å². The van der Waals surface area contributed by atoms with E-state index >= 15 is 0 Å². The molecule has 84 valence electrons. The maximum atomic E-state index is 9.09. The third-order valence-electron chi connectivity index (χ3n) is 3.15. The second kappa shape index (κ2) is 4.66. The van der Waals surface area contributed by atoms with Crippen molar-refractivity contribution in [2.24, 2.45) is 0 Å². The molecule has 1 saturated carbocycles. The number of hydrogen-bond donors (Lipinski definition) is 1. The van der Waals surface area contributed by atoms with Gasteiger partial charge in [0.25, 0.3) is 0 Å². The maximum Gasteiger partial charge on any atom is 0.205 e. The molecule has 0 atom stereocenters. The lowest BCUT2D eigenvalue weighted by Crippen LogP contribution is -2.43. The standard InChI is InChI=1S/C11H19N3O/c1-2-13-7-6-12-11(13)14(8-9-15)10-4-3-5-10/h6-7,10,15H,2-5,8-9H2,1H3. The molecular formula is C11H19N3O. The van der Waals surface area contributed by atoms with Gasteiger partial charge in [-0.2, -0.15) is 0 Å². The molecule has 0 radical (unpaired) electrons. The van der Waals surface area contributed by atoms with Crippen molar-refractivity contribution in [3.05, 3.63) is 12.4 Å². The number of aliphatic hydroxyl groups is 1. The quantitative estimate of drug-likeness (QED) is 0.793. The van der Waals surface area contributed by atoms with E-state index in [-0.39, 0.29) is 6.61 Å². The minimum atomic E-state index is 0.201. The zero-order valence-electron chi connectivity index (χ0n) is 9.26. The Labute approximate surface area is 90.5 Å². The van der Waals surface area contributed by atoms with Crippen LogP contribution in [-0.4, -0.2) is 33.9 Å². The Bertz CT molecular complexity index is 307. The van der Waals surface area contributed by atoms with E-state index in [4.69, 9.17) is 5.11 Å². The van der Waals surface area contributed by atoms with E-state index in [1.165, 1.54) is 19.3 Å². The lowest BCUT2D eigenvalue weighted by Gasteiger charge is -2.38. The Balaban J connectivity index is 2.15. The first-order valence-electron chi connectivity index (χ1n) is 5.75. The predicted octanol–water partition coefficient (Wildman–Crippen LogP) is 1.25. The highest BCUT2D eigenvalue weighted by Gasteiger charge is 2.26. The Morgan fingerprint density at radius 2 is 2.40 bits per heavy atom. The minimum absolute atomic E-state index is 0.201. The van der Waals surface area contributed by atoms with Crippen LogP contribution in [-0.2, 0) is 6.54 Å². The normalized spacial score (nSPS) is 16.4. The molecule has 4 nitrogen and oxygen atoms in total. The van der Waals surface area contributed by atoms with Crippen molar-refractivity contribution >= 4 is 5.95 Å². The van der Waals surface area contributed by atoms with Gasteiger partial charge in [0.05, 0.1) is 6.61 Å². The zero-order chi connectivity index (χ0) is 10.7. The van der Waals surface area contributed by atoms with E-state index in [0.717, 1.165) is 12.5 Å². The molecule has 15 heavy (non-hydrogen) atoms. The number of imidazole rings is 1. The van der Waals surface area contributed by atoms with Crippen molar-refractivity contribution in [2.75, 3.05) is 18.1 Å². The number of hydrogen-bond acceptors (Lipinski definition) is 3. The van der Waals surface area contributed by atoms with E-state index in [2.05, 4.69) is 21.4 Å². The minimum Gasteiger partial charge on any atom is -0.395 e. The van der Waals surface area contributed by atoms with E-state index in [9.17, 15) is 0 Å². The summed E-state index contributed by atoms with van der Waals surface area (Å²) in [6.07, 6.45) is 7.60. The van der Waals surface area contributed by atoms with Crippen molar-refractivity contribution in [2.45, 2.75) is 38.8 Å². The summed E-state index contributed by atoms with van der Waals surface area (Å²) in [5.74, 6) is 1.01. The third kappa shape index (κ3) is 2.00. The SMILES string of the molecule is CCn1ccnc1N(CCO)C1CCC1. The molecule has 1 fully saturated rings. The van der Waals surface area contributed by atoms with Crippen LogP contribution < -0.4 is 4.90 Å². The molecule has 4 heteroatoms. The van der Waals surface area contributed by atoms with Crippen molar-refractivity contribution in [1.29, 1.82) is 0 Å².